The molecule has 0 saturated carbocycles. The highest BCUT2D eigenvalue weighted by Crippen LogP contribution is 2.22. The first-order valence-electron chi connectivity index (χ1n) is 11.6. The quantitative estimate of drug-likeness (QED) is 0.438. The first-order valence-corrected chi connectivity index (χ1v) is 11.6. The molecule has 0 saturated heterocycles. The van der Waals surface area contributed by atoms with Crippen molar-refractivity contribution in [2.24, 2.45) is 0 Å². The molecule has 0 unspecified atom stereocenters. The Morgan fingerprint density at radius 1 is 0.944 bits per heavy atom. The molecule has 0 fully saturated rings. The summed E-state index contributed by atoms with van der Waals surface area (Å²) in [4.78, 5) is 53.2. The summed E-state index contributed by atoms with van der Waals surface area (Å²) in [7, 11) is 2.73. The molecule has 36 heavy (non-hydrogen) atoms. The van der Waals surface area contributed by atoms with Crippen LogP contribution in [0, 0.1) is 0 Å². The number of aromatic nitrogens is 1. The van der Waals surface area contributed by atoms with Crippen LogP contribution in [0.3, 0.4) is 0 Å². The SMILES string of the molecule is COC(=O)c1cc(CNC(=O)c2cc3c([nH]c2=O)CCCC3)cc(NC(=O)c2ccccc2OC)c1. The molecule has 1 aliphatic rings. The van der Waals surface area contributed by atoms with Crippen LogP contribution in [0.4, 0.5) is 5.69 Å². The van der Waals surface area contributed by atoms with Crippen molar-refractivity contribution in [3.8, 4) is 5.75 Å². The molecule has 0 radical (unpaired) electrons. The summed E-state index contributed by atoms with van der Waals surface area (Å²) < 4.78 is 10.1. The van der Waals surface area contributed by atoms with Crippen LogP contribution < -0.4 is 20.9 Å². The number of aromatic amines is 1. The number of carbonyl (C=O) groups is 3. The number of aryl methyl sites for hydroxylation is 2. The molecule has 1 heterocycles. The summed E-state index contributed by atoms with van der Waals surface area (Å²) >= 11 is 0. The zero-order chi connectivity index (χ0) is 25.7. The second-order valence-corrected chi connectivity index (χ2v) is 8.47. The molecule has 0 bridgehead atoms. The zero-order valence-corrected chi connectivity index (χ0v) is 20.1. The van der Waals surface area contributed by atoms with E-state index in [1.165, 1.54) is 20.3 Å². The molecule has 186 valence electrons. The number of amides is 2. The minimum atomic E-state index is -0.595. The standard InChI is InChI=1S/C27H27N3O6/c1-35-23-10-6-4-8-20(23)25(32)29-19-12-16(11-18(13-19)27(34)36-2)15-28-24(31)21-14-17-7-3-5-9-22(17)30-26(21)33/h4,6,8,10-14H,3,5,7,9,15H2,1-2H3,(H,28,31)(H,29,32)(H,30,33). The molecule has 2 amide bonds. The van der Waals surface area contributed by atoms with Gasteiger partial charge in [0.15, 0.2) is 0 Å². The molecule has 0 aliphatic heterocycles. The van der Waals surface area contributed by atoms with Gasteiger partial charge in [-0.05, 0) is 73.2 Å². The Morgan fingerprint density at radius 2 is 1.72 bits per heavy atom. The Morgan fingerprint density at radius 3 is 2.50 bits per heavy atom. The monoisotopic (exact) mass is 489 g/mol. The average Bonchev–Trinajstić information content (AvgIpc) is 2.90. The molecular formula is C27H27N3O6. The van der Waals surface area contributed by atoms with E-state index in [9.17, 15) is 19.2 Å². The van der Waals surface area contributed by atoms with Gasteiger partial charge in [-0.1, -0.05) is 12.1 Å². The van der Waals surface area contributed by atoms with Crippen LogP contribution >= 0.6 is 0 Å². The number of carbonyl (C=O) groups excluding carboxylic acids is 3. The van der Waals surface area contributed by atoms with Crippen molar-refractivity contribution in [1.82, 2.24) is 10.3 Å². The van der Waals surface area contributed by atoms with Crippen LogP contribution in [0.25, 0.3) is 0 Å². The second kappa shape index (κ2) is 10.9. The van der Waals surface area contributed by atoms with E-state index in [0.29, 0.717) is 22.6 Å². The maximum absolute atomic E-state index is 12.8. The van der Waals surface area contributed by atoms with Crippen LogP contribution in [-0.2, 0) is 24.1 Å². The number of benzene rings is 2. The van der Waals surface area contributed by atoms with Gasteiger partial charge < -0.3 is 25.1 Å². The van der Waals surface area contributed by atoms with Gasteiger partial charge in [0, 0.05) is 17.9 Å². The van der Waals surface area contributed by atoms with Crippen LogP contribution in [0.15, 0.2) is 53.3 Å². The Bertz CT molecular complexity index is 1380. The Hall–Kier alpha value is -4.40. The van der Waals surface area contributed by atoms with Crippen LogP contribution in [0.5, 0.6) is 5.75 Å². The fourth-order valence-corrected chi connectivity index (χ4v) is 4.25. The van der Waals surface area contributed by atoms with E-state index in [4.69, 9.17) is 9.47 Å². The summed E-state index contributed by atoms with van der Waals surface area (Å²) in [6.07, 6.45) is 3.66. The normalized spacial score (nSPS) is 12.3. The van der Waals surface area contributed by atoms with Crippen molar-refractivity contribution in [3.05, 3.63) is 92.4 Å². The number of nitrogens with one attached hydrogen (secondary N) is 3. The van der Waals surface area contributed by atoms with Crippen molar-refractivity contribution in [2.75, 3.05) is 19.5 Å². The van der Waals surface area contributed by atoms with Gasteiger partial charge in [0.1, 0.15) is 11.3 Å². The van der Waals surface area contributed by atoms with Gasteiger partial charge in [-0.15, -0.1) is 0 Å². The number of esters is 1. The number of hydrogen-bond donors (Lipinski definition) is 3. The van der Waals surface area contributed by atoms with Gasteiger partial charge in [0.25, 0.3) is 17.4 Å². The Labute approximate surface area is 207 Å². The van der Waals surface area contributed by atoms with Crippen molar-refractivity contribution in [1.29, 1.82) is 0 Å². The minimum Gasteiger partial charge on any atom is -0.496 e. The van der Waals surface area contributed by atoms with Gasteiger partial charge >= 0.3 is 5.97 Å². The third kappa shape index (κ3) is 5.46. The number of H-pyrrole nitrogens is 1. The lowest BCUT2D eigenvalue weighted by Crippen LogP contribution is -2.30. The number of methoxy groups -OCH3 is 2. The summed E-state index contributed by atoms with van der Waals surface area (Å²) in [6, 6.07) is 13.1. The number of para-hydroxylation sites is 1. The maximum atomic E-state index is 12.8. The molecule has 0 spiro atoms. The van der Waals surface area contributed by atoms with E-state index < -0.39 is 23.3 Å². The third-order valence-corrected chi connectivity index (χ3v) is 6.06. The lowest BCUT2D eigenvalue weighted by molar-refractivity contribution is 0.0600. The highest BCUT2D eigenvalue weighted by atomic mass is 16.5. The molecular weight excluding hydrogens is 462 g/mol. The van der Waals surface area contributed by atoms with E-state index in [1.54, 1.807) is 42.5 Å². The molecule has 0 atom stereocenters. The zero-order valence-electron chi connectivity index (χ0n) is 20.1. The Balaban J connectivity index is 1.55. The molecule has 9 nitrogen and oxygen atoms in total. The molecule has 1 aromatic heterocycles. The first kappa shape index (κ1) is 24.7. The molecule has 4 rings (SSSR count). The number of ether oxygens (including phenoxy) is 2. The van der Waals surface area contributed by atoms with Gasteiger partial charge in [-0.3, -0.25) is 14.4 Å². The average molecular weight is 490 g/mol. The van der Waals surface area contributed by atoms with E-state index >= 15 is 0 Å². The number of rotatable bonds is 7. The summed E-state index contributed by atoms with van der Waals surface area (Å²) in [5.41, 5.74) is 2.89. The van der Waals surface area contributed by atoms with Crippen molar-refractivity contribution in [3.63, 3.8) is 0 Å². The molecule has 3 aromatic rings. The first-order chi connectivity index (χ1) is 17.4. The molecule has 2 aromatic carbocycles. The van der Waals surface area contributed by atoms with Crippen LogP contribution in [0.1, 0.15) is 60.7 Å². The van der Waals surface area contributed by atoms with E-state index in [0.717, 1.165) is 36.9 Å². The van der Waals surface area contributed by atoms with E-state index in [-0.39, 0.29) is 17.7 Å². The topological polar surface area (TPSA) is 127 Å². The number of fused-ring (bicyclic) bond motifs is 1. The van der Waals surface area contributed by atoms with Crippen LogP contribution in [-0.4, -0.2) is 37.0 Å². The fraction of sp³-hybridized carbons (Fsp3) is 0.259. The van der Waals surface area contributed by atoms with Gasteiger partial charge in [-0.2, -0.15) is 0 Å². The van der Waals surface area contributed by atoms with Gasteiger partial charge in [-0.25, -0.2) is 4.79 Å². The van der Waals surface area contributed by atoms with Crippen LogP contribution in [0.2, 0.25) is 0 Å². The third-order valence-electron chi connectivity index (χ3n) is 6.06. The van der Waals surface area contributed by atoms with E-state index in [2.05, 4.69) is 15.6 Å². The van der Waals surface area contributed by atoms with Crippen molar-refractivity contribution >= 4 is 23.5 Å². The predicted octanol–water partition coefficient (Wildman–Crippen LogP) is 3.23. The summed E-state index contributed by atoms with van der Waals surface area (Å²) in [5, 5.41) is 5.49. The maximum Gasteiger partial charge on any atom is 0.337 e. The minimum absolute atomic E-state index is 0.0255. The second-order valence-electron chi connectivity index (χ2n) is 8.47. The summed E-state index contributed by atoms with van der Waals surface area (Å²) in [6.45, 7) is 0.0255. The highest BCUT2D eigenvalue weighted by molar-refractivity contribution is 6.06. The predicted molar refractivity (Wildman–Crippen MR) is 134 cm³/mol. The van der Waals surface area contributed by atoms with E-state index in [1.807, 2.05) is 0 Å². The smallest absolute Gasteiger partial charge is 0.337 e. The molecule has 9 heteroatoms. The molecule has 1 aliphatic carbocycles. The largest absolute Gasteiger partial charge is 0.496 e. The van der Waals surface area contributed by atoms with Crippen molar-refractivity contribution < 1.29 is 23.9 Å². The highest BCUT2D eigenvalue weighted by Gasteiger charge is 2.18. The number of anilines is 1. The fourth-order valence-electron chi connectivity index (χ4n) is 4.25. The van der Waals surface area contributed by atoms with Gasteiger partial charge in [0.05, 0.1) is 25.3 Å². The van der Waals surface area contributed by atoms with Gasteiger partial charge in [0.2, 0.25) is 0 Å². The number of pyridine rings is 1. The Kier molecular flexibility index (Phi) is 7.48. The summed E-state index contributed by atoms with van der Waals surface area (Å²) in [5.74, 6) is -1.14. The molecule has 3 N–H and O–H groups in total. The lowest BCUT2D eigenvalue weighted by atomic mass is 9.95. The lowest BCUT2D eigenvalue weighted by Gasteiger charge is -2.16. The number of hydrogen-bond acceptors (Lipinski definition) is 6. The van der Waals surface area contributed by atoms with Crippen molar-refractivity contribution in [2.45, 2.75) is 32.2 Å².